The van der Waals surface area contributed by atoms with Gasteiger partial charge in [-0.1, -0.05) is 0 Å². The van der Waals surface area contributed by atoms with Crippen LogP contribution in [-0.4, -0.2) is 31.0 Å². The first-order valence-corrected chi connectivity index (χ1v) is 6.49. The van der Waals surface area contributed by atoms with E-state index in [2.05, 4.69) is 9.72 Å². The summed E-state index contributed by atoms with van der Waals surface area (Å²) in [4.78, 5) is 15.2. The highest BCUT2D eigenvalue weighted by molar-refractivity contribution is 14.1. The van der Waals surface area contributed by atoms with Gasteiger partial charge >= 0.3 is 12.3 Å². The van der Waals surface area contributed by atoms with Crippen LogP contribution in [0.2, 0.25) is 0 Å². The maximum Gasteiger partial charge on any atom is 0.573 e. The van der Waals surface area contributed by atoms with Crippen LogP contribution >= 0.6 is 22.6 Å². The predicted molar refractivity (Wildman–Crippen MR) is 70.5 cm³/mol. The van der Waals surface area contributed by atoms with E-state index in [0.717, 1.165) is 6.20 Å². The zero-order chi connectivity index (χ0) is 15.3. The third-order valence-electron chi connectivity index (χ3n) is 2.11. The van der Waals surface area contributed by atoms with Gasteiger partial charge in [0.15, 0.2) is 11.5 Å². The van der Waals surface area contributed by atoms with Gasteiger partial charge < -0.3 is 14.2 Å². The molecular formula is C11H11F3INO4. The number of alkyl halides is 3. The number of pyridine rings is 1. The Hall–Kier alpha value is -1.26. The van der Waals surface area contributed by atoms with Crippen LogP contribution < -0.4 is 9.47 Å². The average Bonchev–Trinajstić information content (AvgIpc) is 2.32. The molecule has 0 radical (unpaired) electrons. The van der Waals surface area contributed by atoms with E-state index in [1.807, 2.05) is 0 Å². The molecule has 0 aliphatic heterocycles. The molecular weight excluding hydrogens is 394 g/mol. The second-order valence-electron chi connectivity index (χ2n) is 3.45. The first-order valence-electron chi connectivity index (χ1n) is 5.41. The summed E-state index contributed by atoms with van der Waals surface area (Å²) in [6, 6.07) is 0. The number of carbonyl (C=O) groups excluding carboxylic acids is 1. The van der Waals surface area contributed by atoms with Crippen molar-refractivity contribution in [2.75, 3.05) is 13.7 Å². The van der Waals surface area contributed by atoms with E-state index >= 15 is 0 Å². The van der Waals surface area contributed by atoms with Crippen molar-refractivity contribution in [3.05, 3.63) is 15.5 Å². The first-order chi connectivity index (χ1) is 9.28. The summed E-state index contributed by atoms with van der Waals surface area (Å²) in [6.45, 7) is 1.72. The Bertz CT molecular complexity index is 493. The van der Waals surface area contributed by atoms with Gasteiger partial charge in [0.05, 0.1) is 31.9 Å². The Morgan fingerprint density at radius 2 is 2.10 bits per heavy atom. The number of carbonyl (C=O) groups is 1. The summed E-state index contributed by atoms with van der Waals surface area (Å²) in [7, 11) is 1.27. The molecule has 0 saturated carbocycles. The third kappa shape index (κ3) is 4.69. The Morgan fingerprint density at radius 3 is 2.60 bits per heavy atom. The van der Waals surface area contributed by atoms with Gasteiger partial charge in [-0.05, 0) is 29.5 Å². The minimum atomic E-state index is -4.89. The maximum absolute atomic E-state index is 12.3. The molecule has 0 N–H and O–H groups in total. The molecule has 0 saturated heterocycles. The van der Waals surface area contributed by atoms with Crippen molar-refractivity contribution in [2.45, 2.75) is 19.7 Å². The summed E-state index contributed by atoms with van der Waals surface area (Å²) in [5.41, 5.74) is -0.0531. The second kappa shape index (κ2) is 6.95. The quantitative estimate of drug-likeness (QED) is 0.429. The lowest BCUT2D eigenvalue weighted by molar-refractivity contribution is -0.275. The largest absolute Gasteiger partial charge is 0.573 e. The van der Waals surface area contributed by atoms with Gasteiger partial charge in [-0.3, -0.25) is 4.79 Å². The highest BCUT2D eigenvalue weighted by Gasteiger charge is 2.33. The molecule has 1 rings (SSSR count). The molecule has 0 unspecified atom stereocenters. The van der Waals surface area contributed by atoms with Gasteiger partial charge in [-0.2, -0.15) is 0 Å². The number of esters is 1. The van der Waals surface area contributed by atoms with Crippen molar-refractivity contribution in [3.8, 4) is 11.5 Å². The average molecular weight is 405 g/mol. The molecule has 0 aromatic carbocycles. The van der Waals surface area contributed by atoms with Crippen molar-refractivity contribution in [1.82, 2.24) is 4.98 Å². The van der Waals surface area contributed by atoms with Crippen LogP contribution in [0.4, 0.5) is 13.2 Å². The summed E-state index contributed by atoms with van der Waals surface area (Å²) in [6.07, 6.45) is -4.39. The van der Waals surface area contributed by atoms with Gasteiger partial charge in [0, 0.05) is 0 Å². The normalized spacial score (nSPS) is 11.1. The highest BCUT2D eigenvalue weighted by atomic mass is 127. The monoisotopic (exact) mass is 405 g/mol. The van der Waals surface area contributed by atoms with Gasteiger partial charge in [-0.15, -0.1) is 13.2 Å². The first kappa shape index (κ1) is 16.8. The molecule has 0 bridgehead atoms. The van der Waals surface area contributed by atoms with E-state index in [-0.39, 0.29) is 17.9 Å². The molecule has 20 heavy (non-hydrogen) atoms. The van der Waals surface area contributed by atoms with Crippen LogP contribution in [-0.2, 0) is 16.0 Å². The second-order valence-corrected chi connectivity index (χ2v) is 4.48. The standard InChI is InChI=1S/C11H11F3INO4/c1-3-19-8(17)4-6-7(20-11(12,13)14)5-16-10(15)9(6)18-2/h5H,3-4H2,1-2H3. The number of aromatic nitrogens is 1. The number of halogens is 4. The van der Waals surface area contributed by atoms with Crippen LogP contribution in [0.1, 0.15) is 12.5 Å². The zero-order valence-corrected chi connectivity index (χ0v) is 12.7. The van der Waals surface area contributed by atoms with Crippen LogP contribution in [0.3, 0.4) is 0 Å². The Kier molecular flexibility index (Phi) is 5.84. The molecule has 5 nitrogen and oxygen atoms in total. The molecule has 0 spiro atoms. The topological polar surface area (TPSA) is 57.7 Å². The van der Waals surface area contributed by atoms with Crippen molar-refractivity contribution in [3.63, 3.8) is 0 Å². The van der Waals surface area contributed by atoms with E-state index in [1.54, 1.807) is 29.5 Å². The fourth-order valence-corrected chi connectivity index (χ4v) is 2.12. The predicted octanol–water partition coefficient (Wildman–Crippen LogP) is 2.70. The number of rotatable bonds is 5. The minimum Gasteiger partial charge on any atom is -0.494 e. The number of nitrogens with zero attached hydrogens (tertiary/aromatic N) is 1. The van der Waals surface area contributed by atoms with Gasteiger partial charge in [-0.25, -0.2) is 4.98 Å². The van der Waals surface area contributed by atoms with E-state index in [0.29, 0.717) is 3.70 Å². The molecule has 1 aromatic heterocycles. The Balaban J connectivity index is 3.19. The molecule has 112 valence electrons. The summed E-state index contributed by atoms with van der Waals surface area (Å²) in [5, 5.41) is 0. The van der Waals surface area contributed by atoms with E-state index in [4.69, 9.17) is 9.47 Å². The lowest BCUT2D eigenvalue weighted by Gasteiger charge is -2.16. The SMILES string of the molecule is CCOC(=O)Cc1c(OC(F)(F)F)cnc(I)c1OC. The molecule has 9 heteroatoms. The number of hydrogen-bond donors (Lipinski definition) is 0. The molecule has 0 amide bonds. The molecule has 0 aliphatic rings. The lowest BCUT2D eigenvalue weighted by atomic mass is 10.1. The Labute approximate surface area is 126 Å². The van der Waals surface area contributed by atoms with E-state index in [9.17, 15) is 18.0 Å². The smallest absolute Gasteiger partial charge is 0.494 e. The van der Waals surface area contributed by atoms with Crippen molar-refractivity contribution in [2.24, 2.45) is 0 Å². The fraction of sp³-hybridized carbons (Fsp3) is 0.455. The fourth-order valence-electron chi connectivity index (χ4n) is 1.43. The minimum absolute atomic E-state index is 0.0531. The summed E-state index contributed by atoms with van der Waals surface area (Å²) < 4.78 is 50.9. The van der Waals surface area contributed by atoms with E-state index < -0.39 is 24.5 Å². The van der Waals surface area contributed by atoms with Crippen LogP contribution in [0, 0.1) is 3.70 Å². The zero-order valence-electron chi connectivity index (χ0n) is 10.6. The number of methoxy groups -OCH3 is 1. The third-order valence-corrected chi connectivity index (χ3v) is 2.88. The maximum atomic E-state index is 12.3. The molecule has 1 aromatic rings. The van der Waals surface area contributed by atoms with Crippen LogP contribution in [0.5, 0.6) is 11.5 Å². The van der Waals surface area contributed by atoms with Crippen molar-refractivity contribution >= 4 is 28.6 Å². The van der Waals surface area contributed by atoms with Crippen molar-refractivity contribution in [1.29, 1.82) is 0 Å². The summed E-state index contributed by atoms with van der Waals surface area (Å²) >= 11 is 1.78. The van der Waals surface area contributed by atoms with Crippen LogP contribution in [0.25, 0.3) is 0 Å². The number of hydrogen-bond acceptors (Lipinski definition) is 5. The lowest BCUT2D eigenvalue weighted by Crippen LogP contribution is -2.20. The van der Waals surface area contributed by atoms with Gasteiger partial charge in [0.25, 0.3) is 0 Å². The Morgan fingerprint density at radius 1 is 1.45 bits per heavy atom. The summed E-state index contributed by atoms with van der Waals surface area (Å²) in [5.74, 6) is -1.21. The molecule has 0 atom stereocenters. The number of ether oxygens (including phenoxy) is 3. The van der Waals surface area contributed by atoms with Crippen LogP contribution in [0.15, 0.2) is 6.20 Å². The molecule has 1 heterocycles. The van der Waals surface area contributed by atoms with Gasteiger partial charge in [0.2, 0.25) is 0 Å². The molecule has 0 aliphatic carbocycles. The van der Waals surface area contributed by atoms with Crippen molar-refractivity contribution < 1.29 is 32.2 Å². The van der Waals surface area contributed by atoms with E-state index in [1.165, 1.54) is 7.11 Å². The molecule has 0 fully saturated rings. The van der Waals surface area contributed by atoms with Gasteiger partial charge in [0.1, 0.15) is 3.70 Å². The highest BCUT2D eigenvalue weighted by Crippen LogP contribution is 2.35.